The van der Waals surface area contributed by atoms with Gasteiger partial charge in [0.05, 0.1) is 16.6 Å². The molecule has 0 unspecified atom stereocenters. The van der Waals surface area contributed by atoms with Crippen LogP contribution in [0.1, 0.15) is 11.1 Å². The first-order chi connectivity index (χ1) is 10.6. The van der Waals surface area contributed by atoms with E-state index < -0.39 is 0 Å². The van der Waals surface area contributed by atoms with Crippen LogP contribution in [0.4, 0.5) is 0 Å². The minimum atomic E-state index is -0.115. The molecule has 0 aliphatic rings. The summed E-state index contributed by atoms with van der Waals surface area (Å²) in [5.41, 5.74) is 3.62. The number of aromatic nitrogens is 5. The van der Waals surface area contributed by atoms with Gasteiger partial charge in [-0.25, -0.2) is 4.98 Å². The zero-order chi connectivity index (χ0) is 15.3. The molecule has 0 aliphatic heterocycles. The normalized spacial score (nSPS) is 11.4. The molecule has 0 saturated carbocycles. The topological polar surface area (TPSA) is 65.1 Å². The average molecular weight is 291 g/mol. The fourth-order valence-corrected chi connectivity index (χ4v) is 2.63. The van der Waals surface area contributed by atoms with E-state index >= 15 is 0 Å². The van der Waals surface area contributed by atoms with Gasteiger partial charge < -0.3 is 0 Å². The van der Waals surface area contributed by atoms with Crippen LogP contribution in [0.5, 0.6) is 0 Å². The molecule has 4 aromatic rings. The Morgan fingerprint density at radius 1 is 1.09 bits per heavy atom. The third-order valence-electron chi connectivity index (χ3n) is 3.80. The molecule has 22 heavy (non-hydrogen) atoms. The Labute approximate surface area is 125 Å². The molecule has 0 atom stereocenters. The average Bonchev–Trinajstić information content (AvgIpc) is 2.99. The van der Waals surface area contributed by atoms with Crippen molar-refractivity contribution in [3.05, 3.63) is 64.5 Å². The lowest BCUT2D eigenvalue weighted by molar-refractivity contribution is 0.952. The fraction of sp³-hybridized carbons (Fsp3) is 0.125. The lowest BCUT2D eigenvalue weighted by atomic mass is 10.1. The predicted molar refractivity (Wildman–Crippen MR) is 83.4 cm³/mol. The molecule has 0 radical (unpaired) electrons. The zero-order valence-electron chi connectivity index (χ0n) is 12.2. The Hall–Kier alpha value is -3.02. The molecule has 108 valence electrons. The zero-order valence-corrected chi connectivity index (χ0v) is 12.2. The van der Waals surface area contributed by atoms with Crippen molar-refractivity contribution in [2.45, 2.75) is 13.8 Å². The van der Waals surface area contributed by atoms with E-state index in [1.54, 1.807) is 21.5 Å². The van der Waals surface area contributed by atoms with Crippen LogP contribution >= 0.6 is 0 Å². The second kappa shape index (κ2) is 4.49. The largest absolute Gasteiger partial charge is 0.283 e. The van der Waals surface area contributed by atoms with Gasteiger partial charge in [-0.1, -0.05) is 12.1 Å². The van der Waals surface area contributed by atoms with Crippen molar-refractivity contribution >= 4 is 16.7 Å². The van der Waals surface area contributed by atoms with Gasteiger partial charge in [0, 0.05) is 12.4 Å². The molecule has 1 aromatic carbocycles. The Kier molecular flexibility index (Phi) is 2.59. The molecule has 6 heteroatoms. The van der Waals surface area contributed by atoms with E-state index in [4.69, 9.17) is 0 Å². The Morgan fingerprint density at radius 2 is 1.95 bits per heavy atom. The van der Waals surface area contributed by atoms with Gasteiger partial charge >= 0.3 is 0 Å². The van der Waals surface area contributed by atoms with E-state index in [2.05, 4.69) is 15.1 Å². The monoisotopic (exact) mass is 291 g/mol. The van der Waals surface area contributed by atoms with Crippen molar-refractivity contribution in [1.29, 1.82) is 0 Å². The van der Waals surface area contributed by atoms with Gasteiger partial charge in [-0.05, 0) is 37.1 Å². The third kappa shape index (κ3) is 1.74. The molecule has 0 aliphatic carbocycles. The van der Waals surface area contributed by atoms with Crippen molar-refractivity contribution in [3.63, 3.8) is 0 Å². The number of hydrogen-bond donors (Lipinski definition) is 0. The number of benzene rings is 1. The first kappa shape index (κ1) is 12.7. The highest BCUT2D eigenvalue weighted by Gasteiger charge is 2.10. The van der Waals surface area contributed by atoms with Gasteiger partial charge in [-0.15, -0.1) is 0 Å². The minimum Gasteiger partial charge on any atom is -0.283 e. The van der Waals surface area contributed by atoms with Crippen molar-refractivity contribution < 1.29 is 0 Å². The number of aryl methyl sites for hydroxylation is 2. The smallest absolute Gasteiger partial charge is 0.266 e. The second-order valence-electron chi connectivity index (χ2n) is 5.31. The third-order valence-corrected chi connectivity index (χ3v) is 3.80. The van der Waals surface area contributed by atoms with Gasteiger partial charge in [0.25, 0.3) is 11.3 Å². The highest BCUT2D eigenvalue weighted by Crippen LogP contribution is 2.16. The quantitative estimate of drug-likeness (QED) is 0.538. The summed E-state index contributed by atoms with van der Waals surface area (Å²) < 4.78 is 3.22. The van der Waals surface area contributed by atoms with Crippen molar-refractivity contribution in [2.75, 3.05) is 0 Å². The number of pyridine rings is 1. The number of rotatable bonds is 1. The number of fused-ring (bicyclic) bond motifs is 3. The van der Waals surface area contributed by atoms with E-state index in [-0.39, 0.29) is 5.56 Å². The van der Waals surface area contributed by atoms with E-state index in [0.29, 0.717) is 16.7 Å². The molecule has 0 amide bonds. The van der Waals surface area contributed by atoms with Gasteiger partial charge in [0.15, 0.2) is 0 Å². The highest BCUT2D eigenvalue weighted by molar-refractivity contribution is 5.78. The molecule has 3 aromatic heterocycles. The summed E-state index contributed by atoms with van der Waals surface area (Å²) in [7, 11) is 0. The molecule has 0 fully saturated rings. The minimum absolute atomic E-state index is 0.115. The lowest BCUT2D eigenvalue weighted by Gasteiger charge is -2.11. The summed E-state index contributed by atoms with van der Waals surface area (Å²) >= 11 is 0. The van der Waals surface area contributed by atoms with Crippen LogP contribution in [0, 0.1) is 13.8 Å². The van der Waals surface area contributed by atoms with Crippen LogP contribution in [0.2, 0.25) is 0 Å². The maximum absolute atomic E-state index is 12.8. The molecule has 4 rings (SSSR count). The summed E-state index contributed by atoms with van der Waals surface area (Å²) in [6.45, 7) is 4.00. The van der Waals surface area contributed by atoms with Crippen molar-refractivity contribution in [2.24, 2.45) is 0 Å². The van der Waals surface area contributed by atoms with Gasteiger partial charge in [-0.3, -0.25) is 9.36 Å². The molecule has 0 spiro atoms. The van der Waals surface area contributed by atoms with E-state index in [1.807, 2.05) is 38.1 Å². The first-order valence-corrected chi connectivity index (χ1v) is 6.93. The Morgan fingerprint density at radius 3 is 2.82 bits per heavy atom. The van der Waals surface area contributed by atoms with Gasteiger partial charge in [-0.2, -0.15) is 14.6 Å². The SMILES string of the molecule is Cc1ccc(C)c(-n2ccc3c(cnc4ncnn43)c2=O)c1. The summed E-state index contributed by atoms with van der Waals surface area (Å²) in [6, 6.07) is 7.91. The van der Waals surface area contributed by atoms with Crippen molar-refractivity contribution in [1.82, 2.24) is 24.1 Å². The Balaban J connectivity index is 2.08. The van der Waals surface area contributed by atoms with Crippen LogP contribution in [-0.4, -0.2) is 24.1 Å². The molecule has 6 nitrogen and oxygen atoms in total. The van der Waals surface area contributed by atoms with Crippen LogP contribution in [-0.2, 0) is 0 Å². The van der Waals surface area contributed by atoms with Crippen LogP contribution < -0.4 is 5.56 Å². The molecule has 0 saturated heterocycles. The van der Waals surface area contributed by atoms with E-state index in [9.17, 15) is 4.79 Å². The van der Waals surface area contributed by atoms with Crippen molar-refractivity contribution in [3.8, 4) is 5.69 Å². The summed E-state index contributed by atoms with van der Waals surface area (Å²) in [5, 5.41) is 4.63. The standard InChI is InChI=1S/C16H13N5O/c1-10-3-4-11(2)14(7-10)20-6-5-13-12(15(20)22)8-17-16-18-9-19-21(13)16/h3-9H,1-2H3. The summed E-state index contributed by atoms with van der Waals surface area (Å²) in [6.07, 6.45) is 4.76. The predicted octanol–water partition coefficient (Wildman–Crippen LogP) is 2.05. The summed E-state index contributed by atoms with van der Waals surface area (Å²) in [5.74, 6) is 0.483. The van der Waals surface area contributed by atoms with E-state index in [1.165, 1.54) is 6.33 Å². The number of nitrogens with zero attached hydrogens (tertiary/aromatic N) is 5. The van der Waals surface area contributed by atoms with Crippen LogP contribution in [0.25, 0.3) is 22.4 Å². The van der Waals surface area contributed by atoms with E-state index in [0.717, 1.165) is 16.8 Å². The van der Waals surface area contributed by atoms with Crippen LogP contribution in [0.15, 0.2) is 47.8 Å². The molecular weight excluding hydrogens is 278 g/mol. The first-order valence-electron chi connectivity index (χ1n) is 6.93. The fourth-order valence-electron chi connectivity index (χ4n) is 2.63. The molecular formula is C16H13N5O. The molecule has 3 heterocycles. The second-order valence-corrected chi connectivity index (χ2v) is 5.31. The maximum Gasteiger partial charge on any atom is 0.266 e. The summed E-state index contributed by atoms with van der Waals surface area (Å²) in [4.78, 5) is 21.0. The Bertz CT molecular complexity index is 1080. The molecule has 0 N–H and O–H groups in total. The van der Waals surface area contributed by atoms with Crippen LogP contribution in [0.3, 0.4) is 0 Å². The number of hydrogen-bond acceptors (Lipinski definition) is 4. The highest BCUT2D eigenvalue weighted by atomic mass is 16.1. The van der Waals surface area contributed by atoms with Gasteiger partial charge in [0.2, 0.25) is 0 Å². The maximum atomic E-state index is 12.8. The lowest BCUT2D eigenvalue weighted by Crippen LogP contribution is -2.19. The van der Waals surface area contributed by atoms with Gasteiger partial charge in [0.1, 0.15) is 6.33 Å². The molecule has 0 bridgehead atoms.